The van der Waals surface area contributed by atoms with Crippen molar-refractivity contribution in [1.29, 1.82) is 0 Å². The molecular formula is C22H35N5O8. The molecule has 0 saturated heterocycles. The highest BCUT2D eigenvalue weighted by molar-refractivity contribution is 5.94. The topological polar surface area (TPSA) is 237 Å². The number of carbonyl (C=O) groups excluding carboxylic acids is 3. The number of carboxylic acid groups (broad SMARTS) is 1. The van der Waals surface area contributed by atoms with Crippen molar-refractivity contribution in [3.63, 3.8) is 0 Å². The van der Waals surface area contributed by atoms with Crippen molar-refractivity contribution in [2.75, 3.05) is 13.2 Å². The van der Waals surface area contributed by atoms with Crippen LogP contribution in [-0.4, -0.2) is 87.5 Å². The molecule has 0 saturated carbocycles. The van der Waals surface area contributed by atoms with E-state index in [1.807, 2.05) is 5.32 Å². The Labute approximate surface area is 202 Å². The van der Waals surface area contributed by atoms with Gasteiger partial charge in [0.2, 0.25) is 17.7 Å². The van der Waals surface area contributed by atoms with Crippen LogP contribution in [0.4, 0.5) is 0 Å². The molecule has 196 valence electrons. The van der Waals surface area contributed by atoms with Crippen molar-refractivity contribution in [3.05, 3.63) is 29.8 Å². The molecule has 0 aliphatic heterocycles. The molecule has 11 N–H and O–H groups in total. The molecule has 1 aromatic rings. The summed E-state index contributed by atoms with van der Waals surface area (Å²) in [5, 5.41) is 44.3. The third kappa shape index (κ3) is 10.3. The Morgan fingerprint density at radius 3 is 2.06 bits per heavy atom. The number of aliphatic hydroxyl groups excluding tert-OH is 2. The summed E-state index contributed by atoms with van der Waals surface area (Å²) in [6, 6.07) is 0.830. The number of aromatic hydroxyl groups is 1. The van der Waals surface area contributed by atoms with Gasteiger partial charge in [-0.3, -0.25) is 14.4 Å². The SMILES string of the molecule is CC(O)C(NC(=O)C(CCCCN)NC(=O)C(N)Cc1ccc(O)cc1)C(=O)NC(CO)C(=O)O. The average molecular weight is 498 g/mol. The van der Waals surface area contributed by atoms with Gasteiger partial charge < -0.3 is 47.8 Å². The van der Waals surface area contributed by atoms with Gasteiger partial charge in [0.1, 0.15) is 23.9 Å². The highest BCUT2D eigenvalue weighted by Crippen LogP contribution is 2.11. The molecule has 0 heterocycles. The van der Waals surface area contributed by atoms with Gasteiger partial charge in [-0.2, -0.15) is 0 Å². The van der Waals surface area contributed by atoms with E-state index in [1.165, 1.54) is 19.1 Å². The van der Waals surface area contributed by atoms with E-state index in [9.17, 15) is 29.4 Å². The van der Waals surface area contributed by atoms with Crippen LogP contribution in [0.2, 0.25) is 0 Å². The quantitative estimate of drug-likeness (QED) is 0.114. The maximum absolute atomic E-state index is 12.9. The standard InChI is InChI=1S/C22H35N5O8/c1-12(29)18(21(33)26-17(11-28)22(34)35)27-20(32)16(4-2-3-9-23)25-19(31)15(24)10-13-5-7-14(30)8-6-13/h5-8,12,15-18,28-30H,2-4,9-11,23-24H2,1H3,(H,25,31)(H,26,33)(H,27,32)(H,34,35). The lowest BCUT2D eigenvalue weighted by atomic mass is 10.0. The largest absolute Gasteiger partial charge is 0.508 e. The van der Waals surface area contributed by atoms with Crippen LogP contribution in [0.5, 0.6) is 5.75 Å². The highest BCUT2D eigenvalue weighted by atomic mass is 16.4. The second kappa shape index (κ2) is 14.9. The number of phenols is 1. The van der Waals surface area contributed by atoms with Crippen molar-refractivity contribution in [3.8, 4) is 5.75 Å². The zero-order valence-electron chi connectivity index (χ0n) is 19.5. The number of aliphatic hydroxyl groups is 2. The number of nitrogens with one attached hydrogen (secondary N) is 3. The van der Waals surface area contributed by atoms with E-state index in [0.717, 1.165) is 0 Å². The first-order valence-corrected chi connectivity index (χ1v) is 11.2. The monoisotopic (exact) mass is 497 g/mol. The number of amides is 3. The summed E-state index contributed by atoms with van der Waals surface area (Å²) >= 11 is 0. The number of unbranched alkanes of at least 4 members (excludes halogenated alkanes) is 1. The van der Waals surface area contributed by atoms with Crippen LogP contribution in [0.25, 0.3) is 0 Å². The number of carboxylic acids is 1. The molecule has 0 aliphatic rings. The Bertz CT molecular complexity index is 849. The first-order chi connectivity index (χ1) is 16.5. The van der Waals surface area contributed by atoms with E-state index in [-0.39, 0.29) is 18.6 Å². The number of rotatable bonds is 15. The predicted octanol–water partition coefficient (Wildman–Crippen LogP) is -2.70. The lowest BCUT2D eigenvalue weighted by Gasteiger charge is -2.26. The minimum Gasteiger partial charge on any atom is -0.508 e. The number of carbonyl (C=O) groups is 4. The number of phenolic OH excluding ortho intramolecular Hbond substituents is 1. The molecule has 0 aliphatic carbocycles. The normalized spacial score (nSPS) is 15.2. The lowest BCUT2D eigenvalue weighted by Crippen LogP contribution is -2.60. The molecule has 13 nitrogen and oxygen atoms in total. The van der Waals surface area contributed by atoms with Gasteiger partial charge in [0, 0.05) is 0 Å². The summed E-state index contributed by atoms with van der Waals surface area (Å²) in [5.74, 6) is -3.87. The minimum absolute atomic E-state index is 0.0637. The highest BCUT2D eigenvalue weighted by Gasteiger charge is 2.32. The lowest BCUT2D eigenvalue weighted by molar-refractivity contribution is -0.144. The van der Waals surface area contributed by atoms with Gasteiger partial charge in [-0.15, -0.1) is 0 Å². The van der Waals surface area contributed by atoms with Gasteiger partial charge in [-0.1, -0.05) is 12.1 Å². The van der Waals surface area contributed by atoms with Gasteiger partial charge in [0.25, 0.3) is 0 Å². The fourth-order valence-corrected chi connectivity index (χ4v) is 3.13. The molecule has 0 bridgehead atoms. The Kier molecular flexibility index (Phi) is 12.7. The van der Waals surface area contributed by atoms with Crippen molar-refractivity contribution >= 4 is 23.7 Å². The van der Waals surface area contributed by atoms with E-state index in [1.54, 1.807) is 12.1 Å². The zero-order chi connectivity index (χ0) is 26.5. The van der Waals surface area contributed by atoms with Crippen LogP contribution >= 0.6 is 0 Å². The molecule has 35 heavy (non-hydrogen) atoms. The molecule has 0 aromatic heterocycles. The third-order valence-corrected chi connectivity index (χ3v) is 5.17. The van der Waals surface area contributed by atoms with Gasteiger partial charge in [-0.05, 0) is 56.8 Å². The molecule has 3 amide bonds. The third-order valence-electron chi connectivity index (χ3n) is 5.17. The van der Waals surface area contributed by atoms with E-state index in [0.29, 0.717) is 24.9 Å². The predicted molar refractivity (Wildman–Crippen MR) is 125 cm³/mol. The Morgan fingerprint density at radius 1 is 0.943 bits per heavy atom. The molecule has 1 aromatic carbocycles. The molecule has 13 heteroatoms. The van der Waals surface area contributed by atoms with Gasteiger partial charge in [-0.25, -0.2) is 4.79 Å². The van der Waals surface area contributed by atoms with Crippen molar-refractivity contribution in [1.82, 2.24) is 16.0 Å². The second-order valence-electron chi connectivity index (χ2n) is 8.13. The first-order valence-electron chi connectivity index (χ1n) is 11.2. The van der Waals surface area contributed by atoms with E-state index in [4.69, 9.17) is 21.7 Å². The van der Waals surface area contributed by atoms with E-state index < -0.39 is 60.6 Å². The summed E-state index contributed by atoms with van der Waals surface area (Å²) in [4.78, 5) is 49.1. The number of nitrogens with two attached hydrogens (primary N) is 2. The summed E-state index contributed by atoms with van der Waals surface area (Å²) in [5.41, 5.74) is 12.2. The minimum atomic E-state index is -1.63. The van der Waals surface area contributed by atoms with Gasteiger partial charge >= 0.3 is 5.97 Å². The summed E-state index contributed by atoms with van der Waals surface area (Å²) in [7, 11) is 0. The maximum Gasteiger partial charge on any atom is 0.328 e. The van der Waals surface area contributed by atoms with Gasteiger partial charge in [0.15, 0.2) is 0 Å². The summed E-state index contributed by atoms with van der Waals surface area (Å²) in [6.07, 6.45) is -0.0670. The van der Waals surface area contributed by atoms with Crippen LogP contribution in [-0.2, 0) is 25.6 Å². The molecule has 0 spiro atoms. The number of aliphatic carboxylic acids is 1. The number of hydrogen-bond acceptors (Lipinski definition) is 9. The summed E-state index contributed by atoms with van der Waals surface area (Å²) in [6.45, 7) is 0.687. The molecule has 5 atom stereocenters. The number of hydrogen-bond donors (Lipinski definition) is 9. The Morgan fingerprint density at radius 2 is 1.54 bits per heavy atom. The molecular weight excluding hydrogens is 462 g/mol. The van der Waals surface area contributed by atoms with Crippen molar-refractivity contribution < 1.29 is 39.6 Å². The smallest absolute Gasteiger partial charge is 0.328 e. The van der Waals surface area contributed by atoms with Crippen molar-refractivity contribution in [2.45, 2.75) is 62.9 Å². The molecule has 5 unspecified atom stereocenters. The Balaban J connectivity index is 2.91. The molecule has 0 fully saturated rings. The van der Waals surface area contributed by atoms with E-state index in [2.05, 4.69) is 10.6 Å². The number of benzene rings is 1. The van der Waals surface area contributed by atoms with Gasteiger partial charge in [0.05, 0.1) is 18.8 Å². The van der Waals surface area contributed by atoms with Crippen LogP contribution in [0.15, 0.2) is 24.3 Å². The van der Waals surface area contributed by atoms with Crippen LogP contribution in [0.1, 0.15) is 31.7 Å². The molecule has 1 rings (SSSR count). The van der Waals surface area contributed by atoms with Crippen molar-refractivity contribution in [2.24, 2.45) is 11.5 Å². The second-order valence-corrected chi connectivity index (χ2v) is 8.13. The van der Waals surface area contributed by atoms with Crippen LogP contribution in [0.3, 0.4) is 0 Å². The molecule has 0 radical (unpaired) electrons. The van der Waals surface area contributed by atoms with Crippen LogP contribution in [0, 0.1) is 0 Å². The fraction of sp³-hybridized carbons (Fsp3) is 0.545. The van der Waals surface area contributed by atoms with E-state index >= 15 is 0 Å². The average Bonchev–Trinajstić information content (AvgIpc) is 2.80. The first kappa shape index (κ1) is 29.8. The fourth-order valence-electron chi connectivity index (χ4n) is 3.13. The van der Waals surface area contributed by atoms with Crippen LogP contribution < -0.4 is 27.4 Å². The maximum atomic E-state index is 12.9. The zero-order valence-corrected chi connectivity index (χ0v) is 19.5. The Hall–Kier alpha value is -3.26. The summed E-state index contributed by atoms with van der Waals surface area (Å²) < 4.78 is 0.